The van der Waals surface area contributed by atoms with Gasteiger partial charge in [0.1, 0.15) is 11.4 Å². The third kappa shape index (κ3) is 2.96. The molecule has 3 aliphatic rings. The molecule has 4 atom stereocenters. The first kappa shape index (κ1) is 19.1. The number of benzene rings is 1. The van der Waals surface area contributed by atoms with Gasteiger partial charge in [-0.15, -0.1) is 0 Å². The third-order valence-electron chi connectivity index (χ3n) is 6.44. The van der Waals surface area contributed by atoms with Gasteiger partial charge in [0.05, 0.1) is 31.0 Å². The van der Waals surface area contributed by atoms with Gasteiger partial charge in [0.2, 0.25) is 11.8 Å². The molecule has 0 unspecified atom stereocenters. The number of fused-ring (bicyclic) bond motifs is 1. The molecule has 30 heavy (non-hydrogen) atoms. The van der Waals surface area contributed by atoms with E-state index in [0.29, 0.717) is 19.6 Å². The zero-order valence-corrected chi connectivity index (χ0v) is 17.5. The van der Waals surface area contributed by atoms with E-state index in [2.05, 4.69) is 16.0 Å². The number of aryl methyl sites for hydroxylation is 2. The van der Waals surface area contributed by atoms with Crippen molar-refractivity contribution in [2.24, 2.45) is 11.8 Å². The Morgan fingerprint density at radius 2 is 2.23 bits per heavy atom. The molecular weight excluding hydrogens is 380 g/mol. The standard InChI is InChI=1S/C23H26N4O3/c1-14-5-4-6-16(9-14)11-27-13-23-8-7-17(30-23)19(20(23)22(27)29)21(28)26(3)12-18-24-10-15(2)25-18/h4-10,17,19-20H,11-13H2,1-3H3,(H,24,25)/t17-,19+,20-,23-/m0/s1. The molecule has 0 radical (unpaired) electrons. The summed E-state index contributed by atoms with van der Waals surface area (Å²) < 4.78 is 6.24. The molecule has 2 bridgehead atoms. The van der Waals surface area contributed by atoms with Crippen LogP contribution < -0.4 is 0 Å². The monoisotopic (exact) mass is 406 g/mol. The highest BCUT2D eigenvalue weighted by molar-refractivity contribution is 5.93. The van der Waals surface area contributed by atoms with E-state index < -0.39 is 17.4 Å². The van der Waals surface area contributed by atoms with Gasteiger partial charge in [-0.3, -0.25) is 9.59 Å². The second-order valence-electron chi connectivity index (χ2n) is 8.79. The van der Waals surface area contributed by atoms with Crippen LogP contribution in [0, 0.1) is 25.7 Å². The average molecular weight is 406 g/mol. The van der Waals surface area contributed by atoms with Gasteiger partial charge < -0.3 is 19.5 Å². The van der Waals surface area contributed by atoms with Crippen LogP contribution in [0.1, 0.15) is 22.6 Å². The molecule has 0 aliphatic carbocycles. The number of amides is 2. The summed E-state index contributed by atoms with van der Waals surface area (Å²) in [6.45, 7) is 5.36. The Morgan fingerprint density at radius 3 is 2.97 bits per heavy atom. The minimum atomic E-state index is -0.686. The third-order valence-corrected chi connectivity index (χ3v) is 6.44. The Hall–Kier alpha value is -2.93. The lowest BCUT2D eigenvalue weighted by Gasteiger charge is -2.27. The second-order valence-corrected chi connectivity index (χ2v) is 8.79. The first-order valence-corrected chi connectivity index (χ1v) is 10.3. The SMILES string of the molecule is Cc1cccc(CN2C[C@]34C=C[C@H](O3)[C@@H](C(=O)N(C)Cc3ncc(C)[nH]3)[C@H]4C2=O)c1. The molecule has 2 saturated heterocycles. The summed E-state index contributed by atoms with van der Waals surface area (Å²) in [5.41, 5.74) is 2.52. The number of hydrogen-bond donors (Lipinski definition) is 1. The van der Waals surface area contributed by atoms with Crippen molar-refractivity contribution in [2.45, 2.75) is 38.6 Å². The number of carbonyl (C=O) groups excluding carboxylic acids is 2. The van der Waals surface area contributed by atoms with E-state index >= 15 is 0 Å². The fraction of sp³-hybridized carbons (Fsp3) is 0.435. The van der Waals surface area contributed by atoms with Crippen LogP contribution in [0.25, 0.3) is 0 Å². The summed E-state index contributed by atoms with van der Waals surface area (Å²) in [4.78, 5) is 37.6. The second kappa shape index (κ2) is 6.80. The predicted molar refractivity (Wildman–Crippen MR) is 110 cm³/mol. The number of rotatable bonds is 5. The molecule has 2 aromatic rings. The molecule has 1 N–H and O–H groups in total. The fourth-order valence-corrected chi connectivity index (χ4v) is 5.13. The van der Waals surface area contributed by atoms with Gasteiger partial charge in [-0.25, -0.2) is 4.98 Å². The van der Waals surface area contributed by atoms with Gasteiger partial charge in [-0.1, -0.05) is 42.0 Å². The van der Waals surface area contributed by atoms with E-state index in [9.17, 15) is 9.59 Å². The Bertz CT molecular complexity index is 1040. The number of carbonyl (C=O) groups is 2. The van der Waals surface area contributed by atoms with Crippen LogP contribution in [0.15, 0.2) is 42.6 Å². The Morgan fingerprint density at radius 1 is 1.40 bits per heavy atom. The van der Waals surface area contributed by atoms with Gasteiger partial charge in [-0.2, -0.15) is 0 Å². The molecule has 3 aliphatic heterocycles. The molecular formula is C23H26N4O3. The molecule has 1 aromatic carbocycles. The van der Waals surface area contributed by atoms with Crippen LogP contribution in [-0.4, -0.2) is 56.9 Å². The summed E-state index contributed by atoms with van der Waals surface area (Å²) in [7, 11) is 1.76. The summed E-state index contributed by atoms with van der Waals surface area (Å²) in [6, 6.07) is 8.17. The highest BCUT2D eigenvalue weighted by Gasteiger charge is 2.67. The number of imidazole rings is 1. The predicted octanol–water partition coefficient (Wildman–Crippen LogP) is 1.97. The zero-order chi connectivity index (χ0) is 21.0. The molecule has 1 aromatic heterocycles. The van der Waals surface area contributed by atoms with Crippen LogP contribution >= 0.6 is 0 Å². The van der Waals surface area contributed by atoms with E-state index in [1.54, 1.807) is 18.1 Å². The van der Waals surface area contributed by atoms with Crippen molar-refractivity contribution in [1.29, 1.82) is 0 Å². The van der Waals surface area contributed by atoms with Crippen molar-refractivity contribution in [2.75, 3.05) is 13.6 Å². The molecule has 156 valence electrons. The van der Waals surface area contributed by atoms with Crippen molar-refractivity contribution >= 4 is 11.8 Å². The summed E-state index contributed by atoms with van der Waals surface area (Å²) in [6.07, 6.45) is 5.35. The van der Waals surface area contributed by atoms with E-state index in [1.807, 2.05) is 49.1 Å². The number of aromatic nitrogens is 2. The van der Waals surface area contributed by atoms with Crippen molar-refractivity contribution in [3.8, 4) is 0 Å². The van der Waals surface area contributed by atoms with Crippen LogP contribution in [0.2, 0.25) is 0 Å². The Labute approximate surface area is 175 Å². The lowest BCUT2D eigenvalue weighted by molar-refractivity contribution is -0.143. The molecule has 0 saturated carbocycles. The van der Waals surface area contributed by atoms with E-state index in [-0.39, 0.29) is 17.9 Å². The summed E-state index contributed by atoms with van der Waals surface area (Å²) in [5, 5.41) is 0. The largest absolute Gasteiger partial charge is 0.360 e. The van der Waals surface area contributed by atoms with Crippen LogP contribution in [0.4, 0.5) is 0 Å². The maximum absolute atomic E-state index is 13.4. The fourth-order valence-electron chi connectivity index (χ4n) is 5.13. The van der Waals surface area contributed by atoms with Gasteiger partial charge in [0.25, 0.3) is 0 Å². The molecule has 1 spiro atoms. The number of nitrogens with one attached hydrogen (secondary N) is 1. The maximum atomic E-state index is 13.4. The van der Waals surface area contributed by atoms with Crippen LogP contribution in [0.3, 0.4) is 0 Å². The van der Waals surface area contributed by atoms with Crippen LogP contribution in [0.5, 0.6) is 0 Å². The van der Waals surface area contributed by atoms with Crippen molar-refractivity contribution < 1.29 is 14.3 Å². The van der Waals surface area contributed by atoms with E-state index in [0.717, 1.165) is 22.6 Å². The minimum Gasteiger partial charge on any atom is -0.360 e. The summed E-state index contributed by atoms with van der Waals surface area (Å²) in [5.74, 6) is -0.298. The number of nitrogens with zero attached hydrogens (tertiary/aromatic N) is 3. The molecule has 7 nitrogen and oxygen atoms in total. The number of likely N-dealkylation sites (tertiary alicyclic amines) is 1. The van der Waals surface area contributed by atoms with Crippen molar-refractivity contribution in [1.82, 2.24) is 19.8 Å². The van der Waals surface area contributed by atoms with Crippen molar-refractivity contribution in [3.63, 3.8) is 0 Å². The maximum Gasteiger partial charge on any atom is 0.230 e. The quantitative estimate of drug-likeness (QED) is 0.770. The molecule has 7 heteroatoms. The highest BCUT2D eigenvalue weighted by Crippen LogP contribution is 2.52. The van der Waals surface area contributed by atoms with E-state index in [1.165, 1.54) is 0 Å². The average Bonchev–Trinajstić information content (AvgIpc) is 3.44. The normalized spacial score (nSPS) is 29.0. The zero-order valence-electron chi connectivity index (χ0n) is 17.5. The molecule has 2 fully saturated rings. The molecule has 4 heterocycles. The topological polar surface area (TPSA) is 78.5 Å². The minimum absolute atomic E-state index is 0.00366. The van der Waals surface area contributed by atoms with E-state index in [4.69, 9.17) is 4.74 Å². The van der Waals surface area contributed by atoms with Gasteiger partial charge in [0.15, 0.2) is 0 Å². The van der Waals surface area contributed by atoms with Crippen LogP contribution in [-0.2, 0) is 27.4 Å². The number of aromatic amines is 1. The molecule has 5 rings (SSSR count). The van der Waals surface area contributed by atoms with Gasteiger partial charge in [0, 0.05) is 25.5 Å². The first-order valence-electron chi connectivity index (χ1n) is 10.3. The lowest BCUT2D eigenvalue weighted by Crippen LogP contribution is -2.44. The number of H-pyrrole nitrogens is 1. The summed E-state index contributed by atoms with van der Waals surface area (Å²) >= 11 is 0. The van der Waals surface area contributed by atoms with Crippen molar-refractivity contribution in [3.05, 3.63) is 65.3 Å². The van der Waals surface area contributed by atoms with Gasteiger partial charge >= 0.3 is 0 Å². The smallest absolute Gasteiger partial charge is 0.230 e. The number of hydrogen-bond acceptors (Lipinski definition) is 4. The Kier molecular flexibility index (Phi) is 4.32. The first-order chi connectivity index (χ1) is 14.4. The lowest BCUT2D eigenvalue weighted by atomic mass is 9.76. The Balaban J connectivity index is 1.36. The van der Waals surface area contributed by atoms with Gasteiger partial charge in [-0.05, 0) is 19.4 Å². The molecule has 2 amide bonds. The number of ether oxygens (including phenoxy) is 1. The highest BCUT2D eigenvalue weighted by atomic mass is 16.5.